The smallest absolute Gasteiger partial charge is 0.278 e. The van der Waals surface area contributed by atoms with E-state index in [1.165, 1.54) is 5.56 Å². The summed E-state index contributed by atoms with van der Waals surface area (Å²) in [5.41, 5.74) is 9.62. The monoisotopic (exact) mass is 454 g/mol. The second kappa shape index (κ2) is 8.83. The van der Waals surface area contributed by atoms with E-state index in [0.717, 1.165) is 56.0 Å². The van der Waals surface area contributed by atoms with Crippen molar-refractivity contribution in [2.24, 2.45) is 5.92 Å². The summed E-state index contributed by atoms with van der Waals surface area (Å²) in [5.74, 6) is 3.12. The Morgan fingerprint density at radius 2 is 1.71 bits per heavy atom. The van der Waals surface area contributed by atoms with Gasteiger partial charge >= 0.3 is 0 Å². The molecule has 6 rings (SSSR count). The average Bonchev–Trinajstić information content (AvgIpc) is 3.61. The van der Waals surface area contributed by atoms with Crippen LogP contribution in [0, 0.1) is 5.92 Å². The molecule has 9 heteroatoms. The molecule has 3 aromatic heterocycles. The van der Waals surface area contributed by atoms with E-state index in [9.17, 15) is 0 Å². The lowest BCUT2D eigenvalue weighted by Gasteiger charge is -2.27. The van der Waals surface area contributed by atoms with Crippen LogP contribution in [-0.4, -0.2) is 51.3 Å². The predicted molar refractivity (Wildman–Crippen MR) is 129 cm³/mol. The van der Waals surface area contributed by atoms with Crippen molar-refractivity contribution in [2.75, 3.05) is 36.8 Å². The molecule has 2 aliphatic rings. The molecule has 0 spiro atoms. The molecule has 1 aliphatic heterocycles. The Balaban J connectivity index is 1.22. The molecule has 34 heavy (non-hydrogen) atoms. The van der Waals surface area contributed by atoms with Crippen molar-refractivity contribution in [3.05, 3.63) is 66.4 Å². The zero-order valence-electron chi connectivity index (χ0n) is 18.8. The zero-order chi connectivity index (χ0) is 22.9. The van der Waals surface area contributed by atoms with E-state index in [4.69, 9.17) is 15.2 Å². The van der Waals surface area contributed by atoms with Gasteiger partial charge < -0.3 is 20.5 Å². The average molecular weight is 455 g/mol. The third-order valence-corrected chi connectivity index (χ3v) is 6.50. The Morgan fingerprint density at radius 3 is 2.38 bits per heavy atom. The van der Waals surface area contributed by atoms with Gasteiger partial charge in [-0.05, 0) is 42.0 Å². The summed E-state index contributed by atoms with van der Waals surface area (Å²) in [4.78, 5) is 20.3. The number of piperazine rings is 1. The third kappa shape index (κ3) is 4.22. The van der Waals surface area contributed by atoms with Crippen LogP contribution >= 0.6 is 0 Å². The lowest BCUT2D eigenvalue weighted by molar-refractivity contribution is 0.415. The number of nitrogen functional groups attached to an aromatic ring is 1. The zero-order valence-corrected chi connectivity index (χ0v) is 18.8. The van der Waals surface area contributed by atoms with Gasteiger partial charge in [0.2, 0.25) is 0 Å². The Labute approximate surface area is 197 Å². The third-order valence-electron chi connectivity index (χ3n) is 6.50. The molecule has 1 unspecified atom stereocenters. The molecule has 9 nitrogen and oxygen atoms in total. The highest BCUT2D eigenvalue weighted by Crippen LogP contribution is 2.46. The molecular weight excluding hydrogens is 428 g/mol. The first-order chi connectivity index (χ1) is 16.7. The highest BCUT2D eigenvalue weighted by atomic mass is 16.5. The largest absolute Gasteiger partial charge is 0.384 e. The summed E-state index contributed by atoms with van der Waals surface area (Å²) in [5, 5.41) is 7.68. The highest BCUT2D eigenvalue weighted by Gasteiger charge is 2.36. The maximum atomic E-state index is 5.71. The normalized spacial score (nSPS) is 17.0. The van der Waals surface area contributed by atoms with Gasteiger partial charge in [-0.3, -0.25) is 0 Å². The topological polar surface area (TPSA) is 119 Å². The first-order valence-electron chi connectivity index (χ1n) is 11.7. The quantitative estimate of drug-likeness (QED) is 0.453. The number of benzene rings is 1. The number of hydrogen-bond donors (Lipinski definition) is 2. The first-order valence-corrected chi connectivity index (χ1v) is 11.7. The molecule has 4 aromatic rings. The van der Waals surface area contributed by atoms with Gasteiger partial charge in [0.1, 0.15) is 17.3 Å². The SMILES string of the molecule is Nc1ccc(-c2ccc(C(c3noc(-c4cnc(N5CCNCC5)cn4)n3)C3CC3)cc2)cn1. The van der Waals surface area contributed by atoms with E-state index in [1.807, 2.05) is 12.1 Å². The van der Waals surface area contributed by atoms with E-state index in [0.29, 0.717) is 29.1 Å². The van der Waals surface area contributed by atoms with Crippen LogP contribution in [0.3, 0.4) is 0 Å². The minimum absolute atomic E-state index is 0.101. The molecule has 1 saturated heterocycles. The maximum Gasteiger partial charge on any atom is 0.278 e. The van der Waals surface area contributed by atoms with E-state index < -0.39 is 0 Å². The molecule has 0 radical (unpaired) electrons. The van der Waals surface area contributed by atoms with E-state index >= 15 is 0 Å². The van der Waals surface area contributed by atoms with Crippen molar-refractivity contribution in [1.82, 2.24) is 30.4 Å². The fraction of sp³-hybridized carbons (Fsp3) is 0.320. The van der Waals surface area contributed by atoms with Crippen molar-refractivity contribution in [1.29, 1.82) is 0 Å². The fourth-order valence-electron chi connectivity index (χ4n) is 4.47. The Hall–Kier alpha value is -3.85. The summed E-state index contributed by atoms with van der Waals surface area (Å²) >= 11 is 0. The molecule has 172 valence electrons. The molecule has 2 fully saturated rings. The predicted octanol–water partition coefficient (Wildman–Crippen LogP) is 3.12. The van der Waals surface area contributed by atoms with Crippen LogP contribution in [0.4, 0.5) is 11.6 Å². The van der Waals surface area contributed by atoms with Crippen LogP contribution in [-0.2, 0) is 0 Å². The molecule has 1 atom stereocenters. The minimum Gasteiger partial charge on any atom is -0.384 e. The summed E-state index contributed by atoms with van der Waals surface area (Å²) in [6, 6.07) is 12.3. The number of rotatable bonds is 6. The van der Waals surface area contributed by atoms with Gasteiger partial charge in [-0.1, -0.05) is 29.4 Å². The van der Waals surface area contributed by atoms with Gasteiger partial charge in [-0.25, -0.2) is 15.0 Å². The second-order valence-electron chi connectivity index (χ2n) is 8.86. The molecule has 0 bridgehead atoms. The Kier molecular flexibility index (Phi) is 5.38. The Bertz CT molecular complexity index is 1240. The van der Waals surface area contributed by atoms with Crippen LogP contribution in [0.15, 0.2) is 59.5 Å². The van der Waals surface area contributed by atoms with Crippen molar-refractivity contribution < 1.29 is 4.52 Å². The molecular formula is C25H26N8O. The first kappa shape index (κ1) is 20.7. The van der Waals surface area contributed by atoms with Crippen molar-refractivity contribution in [3.8, 4) is 22.7 Å². The summed E-state index contributed by atoms with van der Waals surface area (Å²) in [7, 11) is 0. The highest BCUT2D eigenvalue weighted by molar-refractivity contribution is 5.64. The molecule has 4 heterocycles. The van der Waals surface area contributed by atoms with Crippen LogP contribution in [0.25, 0.3) is 22.7 Å². The van der Waals surface area contributed by atoms with E-state index in [1.54, 1.807) is 18.6 Å². The lowest BCUT2D eigenvalue weighted by Crippen LogP contribution is -2.43. The van der Waals surface area contributed by atoms with Gasteiger partial charge in [0.15, 0.2) is 5.82 Å². The molecule has 1 aliphatic carbocycles. The molecule has 1 saturated carbocycles. The number of aromatic nitrogens is 5. The standard InChI is InChI=1S/C25H26N8O/c26-21-8-7-19(13-29-21)16-1-3-17(4-2-16)23(18-5-6-18)24-31-25(34-32-24)20-14-30-22(15-28-20)33-11-9-27-10-12-33/h1-4,7-8,13-15,18,23,27H,5-6,9-12H2,(H2,26,29). The van der Waals surface area contributed by atoms with Gasteiger partial charge in [0, 0.05) is 37.9 Å². The van der Waals surface area contributed by atoms with Gasteiger partial charge in [-0.2, -0.15) is 4.98 Å². The lowest BCUT2D eigenvalue weighted by atomic mass is 9.92. The van der Waals surface area contributed by atoms with Crippen molar-refractivity contribution >= 4 is 11.6 Å². The Morgan fingerprint density at radius 1 is 0.912 bits per heavy atom. The van der Waals surface area contributed by atoms with Crippen LogP contribution in [0.5, 0.6) is 0 Å². The number of hydrogen-bond acceptors (Lipinski definition) is 9. The number of anilines is 2. The van der Waals surface area contributed by atoms with Crippen LogP contribution in [0.2, 0.25) is 0 Å². The van der Waals surface area contributed by atoms with Gasteiger partial charge in [-0.15, -0.1) is 0 Å². The minimum atomic E-state index is 0.101. The molecule has 1 aromatic carbocycles. The van der Waals surface area contributed by atoms with E-state index in [-0.39, 0.29) is 5.92 Å². The summed E-state index contributed by atoms with van der Waals surface area (Å²) < 4.78 is 5.61. The molecule has 3 N–H and O–H groups in total. The van der Waals surface area contributed by atoms with Crippen LogP contribution in [0.1, 0.15) is 30.1 Å². The number of nitrogens with zero attached hydrogens (tertiary/aromatic N) is 6. The number of nitrogens with two attached hydrogens (primary N) is 1. The maximum absolute atomic E-state index is 5.71. The van der Waals surface area contributed by atoms with Gasteiger partial charge in [0.05, 0.1) is 18.3 Å². The summed E-state index contributed by atoms with van der Waals surface area (Å²) in [6.45, 7) is 3.76. The summed E-state index contributed by atoms with van der Waals surface area (Å²) in [6.07, 6.45) is 7.63. The van der Waals surface area contributed by atoms with Crippen molar-refractivity contribution in [3.63, 3.8) is 0 Å². The number of pyridine rings is 1. The van der Waals surface area contributed by atoms with Crippen LogP contribution < -0.4 is 16.0 Å². The van der Waals surface area contributed by atoms with E-state index in [2.05, 4.69) is 54.6 Å². The number of nitrogens with one attached hydrogen (secondary N) is 1. The second-order valence-corrected chi connectivity index (χ2v) is 8.86. The molecule has 0 amide bonds. The van der Waals surface area contributed by atoms with Crippen molar-refractivity contribution in [2.45, 2.75) is 18.8 Å². The van der Waals surface area contributed by atoms with Gasteiger partial charge in [0.25, 0.3) is 5.89 Å². The fourth-order valence-corrected chi connectivity index (χ4v) is 4.47.